The lowest BCUT2D eigenvalue weighted by Crippen LogP contribution is -2.41. The van der Waals surface area contributed by atoms with E-state index in [1.165, 1.54) is 12.8 Å². The number of aliphatic hydroxyl groups excluding tert-OH is 1. The fourth-order valence-electron chi connectivity index (χ4n) is 3.23. The zero-order chi connectivity index (χ0) is 12.8. The maximum absolute atomic E-state index is 12.0. The van der Waals surface area contributed by atoms with Crippen LogP contribution >= 0.6 is 0 Å². The van der Waals surface area contributed by atoms with Gasteiger partial charge in [-0.05, 0) is 57.0 Å². The van der Waals surface area contributed by atoms with E-state index in [2.05, 4.69) is 10.6 Å². The minimum atomic E-state index is 0.201. The summed E-state index contributed by atoms with van der Waals surface area (Å²) in [6.07, 6.45) is 7.28. The van der Waals surface area contributed by atoms with Gasteiger partial charge in [0.15, 0.2) is 0 Å². The maximum Gasteiger partial charge on any atom is 0.220 e. The van der Waals surface area contributed by atoms with Gasteiger partial charge in [-0.2, -0.15) is 0 Å². The van der Waals surface area contributed by atoms with E-state index >= 15 is 0 Å². The zero-order valence-electron chi connectivity index (χ0n) is 11.2. The first-order chi connectivity index (χ1) is 8.78. The van der Waals surface area contributed by atoms with Gasteiger partial charge < -0.3 is 15.7 Å². The summed E-state index contributed by atoms with van der Waals surface area (Å²) in [6.45, 7) is 2.34. The first-order valence-electron chi connectivity index (χ1n) is 7.39. The Kier molecular flexibility index (Phi) is 5.45. The molecule has 1 aliphatic heterocycles. The largest absolute Gasteiger partial charge is 0.396 e. The van der Waals surface area contributed by atoms with Gasteiger partial charge in [-0.25, -0.2) is 0 Å². The number of aliphatic hydroxyl groups is 1. The van der Waals surface area contributed by atoms with Gasteiger partial charge in [0.25, 0.3) is 0 Å². The first kappa shape index (κ1) is 13.8. The summed E-state index contributed by atoms with van der Waals surface area (Å²) in [4.78, 5) is 12.0. The Balaban J connectivity index is 1.69. The molecule has 2 rings (SSSR count). The van der Waals surface area contributed by atoms with Gasteiger partial charge in [-0.3, -0.25) is 4.79 Å². The molecule has 3 atom stereocenters. The fourth-order valence-corrected chi connectivity index (χ4v) is 3.23. The minimum Gasteiger partial charge on any atom is -0.396 e. The molecule has 3 N–H and O–H groups in total. The van der Waals surface area contributed by atoms with Crippen LogP contribution in [0.2, 0.25) is 0 Å². The highest BCUT2D eigenvalue weighted by Crippen LogP contribution is 2.24. The van der Waals surface area contributed by atoms with Crippen LogP contribution in [0, 0.1) is 11.8 Å². The van der Waals surface area contributed by atoms with Crippen LogP contribution in [0.1, 0.15) is 44.9 Å². The normalized spacial score (nSPS) is 33.1. The fraction of sp³-hybridized carbons (Fsp3) is 0.929. The van der Waals surface area contributed by atoms with Crippen LogP contribution in [-0.2, 0) is 4.79 Å². The first-order valence-corrected chi connectivity index (χ1v) is 7.39. The molecule has 0 aromatic heterocycles. The third-order valence-corrected chi connectivity index (χ3v) is 4.28. The highest BCUT2D eigenvalue weighted by Gasteiger charge is 2.24. The summed E-state index contributed by atoms with van der Waals surface area (Å²) >= 11 is 0. The number of carbonyl (C=O) groups excluding carboxylic acids is 1. The van der Waals surface area contributed by atoms with Crippen LogP contribution in [-0.4, -0.2) is 36.8 Å². The third kappa shape index (κ3) is 4.25. The Bertz CT molecular complexity index is 265. The van der Waals surface area contributed by atoms with Crippen LogP contribution in [0.3, 0.4) is 0 Å². The minimum absolute atomic E-state index is 0.201. The monoisotopic (exact) mass is 254 g/mol. The number of piperidine rings is 1. The average Bonchev–Trinajstić information content (AvgIpc) is 2.40. The molecule has 3 unspecified atom stereocenters. The van der Waals surface area contributed by atoms with Crippen molar-refractivity contribution in [3.63, 3.8) is 0 Å². The average molecular weight is 254 g/mol. The highest BCUT2D eigenvalue weighted by molar-refractivity contribution is 5.76. The summed E-state index contributed by atoms with van der Waals surface area (Å²) in [7, 11) is 0. The zero-order valence-corrected chi connectivity index (χ0v) is 11.2. The molecule has 1 amide bonds. The molecule has 0 aromatic rings. The van der Waals surface area contributed by atoms with Crippen LogP contribution in [0.25, 0.3) is 0 Å². The Morgan fingerprint density at radius 2 is 2.06 bits per heavy atom. The highest BCUT2D eigenvalue weighted by atomic mass is 16.3. The second-order valence-corrected chi connectivity index (χ2v) is 5.90. The lowest BCUT2D eigenvalue weighted by Gasteiger charge is -2.29. The Morgan fingerprint density at radius 3 is 2.78 bits per heavy atom. The Labute approximate surface area is 110 Å². The number of hydrogen-bond donors (Lipinski definition) is 3. The quantitative estimate of drug-likeness (QED) is 0.702. The van der Waals surface area contributed by atoms with Crippen LogP contribution < -0.4 is 10.6 Å². The molecule has 0 spiro atoms. The van der Waals surface area contributed by atoms with Gasteiger partial charge >= 0.3 is 0 Å². The number of hydrogen-bond acceptors (Lipinski definition) is 3. The molecule has 1 saturated carbocycles. The number of amides is 1. The second-order valence-electron chi connectivity index (χ2n) is 5.90. The second kappa shape index (κ2) is 7.10. The van der Waals surface area contributed by atoms with Crippen molar-refractivity contribution in [1.82, 2.24) is 10.6 Å². The standard InChI is InChI=1S/C14H26N2O2/c17-10-12-3-1-5-13(7-12)16-14(18)8-11-4-2-6-15-9-11/h11-13,15,17H,1-10H2,(H,16,18). The molecule has 104 valence electrons. The van der Waals surface area contributed by atoms with E-state index in [1.807, 2.05) is 0 Å². The third-order valence-electron chi connectivity index (χ3n) is 4.28. The predicted octanol–water partition coefficient (Wildman–Crippen LogP) is 1.04. The summed E-state index contributed by atoms with van der Waals surface area (Å²) in [6, 6.07) is 0.292. The van der Waals surface area contributed by atoms with E-state index in [9.17, 15) is 9.90 Å². The topological polar surface area (TPSA) is 61.4 Å². The molecule has 0 bridgehead atoms. The molecular formula is C14H26N2O2. The lowest BCUT2D eigenvalue weighted by atomic mass is 9.86. The van der Waals surface area contributed by atoms with E-state index in [-0.39, 0.29) is 12.5 Å². The van der Waals surface area contributed by atoms with E-state index in [4.69, 9.17) is 0 Å². The summed E-state index contributed by atoms with van der Waals surface area (Å²) in [5, 5.41) is 15.7. The predicted molar refractivity (Wildman–Crippen MR) is 71.2 cm³/mol. The van der Waals surface area contributed by atoms with E-state index in [0.29, 0.717) is 24.3 Å². The smallest absolute Gasteiger partial charge is 0.220 e. The van der Waals surface area contributed by atoms with Crippen molar-refractivity contribution < 1.29 is 9.90 Å². The molecule has 2 aliphatic rings. The summed E-state index contributed by atoms with van der Waals surface area (Å²) in [5.41, 5.74) is 0. The van der Waals surface area contributed by atoms with Crippen molar-refractivity contribution in [3.05, 3.63) is 0 Å². The van der Waals surface area contributed by atoms with Gasteiger partial charge in [0.2, 0.25) is 5.91 Å². The molecule has 2 fully saturated rings. The van der Waals surface area contributed by atoms with Gasteiger partial charge in [-0.15, -0.1) is 0 Å². The van der Waals surface area contributed by atoms with Crippen molar-refractivity contribution in [1.29, 1.82) is 0 Å². The molecule has 1 saturated heterocycles. The van der Waals surface area contributed by atoms with E-state index in [0.717, 1.165) is 38.8 Å². The molecule has 4 nitrogen and oxygen atoms in total. The maximum atomic E-state index is 12.0. The number of rotatable bonds is 4. The molecule has 1 aliphatic carbocycles. The van der Waals surface area contributed by atoms with Crippen molar-refractivity contribution >= 4 is 5.91 Å². The number of carbonyl (C=O) groups is 1. The van der Waals surface area contributed by atoms with E-state index in [1.54, 1.807) is 0 Å². The van der Waals surface area contributed by atoms with Gasteiger partial charge in [0, 0.05) is 19.1 Å². The molecule has 4 heteroatoms. The molecule has 18 heavy (non-hydrogen) atoms. The molecule has 0 radical (unpaired) electrons. The summed E-state index contributed by atoms with van der Waals surface area (Å²) in [5.74, 6) is 1.10. The SMILES string of the molecule is O=C(CC1CCCNC1)NC1CCCC(CO)C1. The van der Waals surface area contributed by atoms with Crippen molar-refractivity contribution in [2.24, 2.45) is 11.8 Å². The van der Waals surface area contributed by atoms with Gasteiger partial charge in [0.1, 0.15) is 0 Å². The van der Waals surface area contributed by atoms with Gasteiger partial charge in [-0.1, -0.05) is 6.42 Å². The molecule has 0 aromatic carbocycles. The lowest BCUT2D eigenvalue weighted by molar-refractivity contribution is -0.123. The van der Waals surface area contributed by atoms with Crippen molar-refractivity contribution in [3.8, 4) is 0 Å². The Morgan fingerprint density at radius 1 is 1.22 bits per heavy atom. The molecule has 1 heterocycles. The van der Waals surface area contributed by atoms with Crippen LogP contribution in [0.15, 0.2) is 0 Å². The van der Waals surface area contributed by atoms with Crippen molar-refractivity contribution in [2.45, 2.75) is 51.0 Å². The van der Waals surface area contributed by atoms with Crippen molar-refractivity contribution in [2.75, 3.05) is 19.7 Å². The van der Waals surface area contributed by atoms with E-state index < -0.39 is 0 Å². The molecular weight excluding hydrogens is 228 g/mol. The van der Waals surface area contributed by atoms with Crippen LogP contribution in [0.5, 0.6) is 0 Å². The summed E-state index contributed by atoms with van der Waals surface area (Å²) < 4.78 is 0. The van der Waals surface area contributed by atoms with Crippen LogP contribution in [0.4, 0.5) is 0 Å². The number of nitrogens with one attached hydrogen (secondary N) is 2. The Hall–Kier alpha value is -0.610. The van der Waals surface area contributed by atoms with Gasteiger partial charge in [0.05, 0.1) is 0 Å².